The van der Waals surface area contributed by atoms with E-state index in [1.165, 1.54) is 16.6 Å². The van der Waals surface area contributed by atoms with Crippen LogP contribution >= 0.6 is 0 Å². The molecule has 3 nitrogen and oxygen atoms in total. The molecule has 2 aliphatic rings. The van der Waals surface area contributed by atoms with Crippen molar-refractivity contribution in [2.45, 2.75) is 26.8 Å². The molecule has 0 radical (unpaired) electrons. The van der Waals surface area contributed by atoms with Crippen molar-refractivity contribution < 1.29 is 4.74 Å². The van der Waals surface area contributed by atoms with Gasteiger partial charge in [0.2, 0.25) is 0 Å². The van der Waals surface area contributed by atoms with Crippen molar-refractivity contribution in [2.75, 3.05) is 7.11 Å². The molecule has 0 N–H and O–H groups in total. The van der Waals surface area contributed by atoms with Gasteiger partial charge in [-0.3, -0.25) is 0 Å². The number of nitrogens with zero attached hydrogens (tertiary/aromatic N) is 2. The van der Waals surface area contributed by atoms with E-state index >= 15 is 0 Å². The summed E-state index contributed by atoms with van der Waals surface area (Å²) >= 11 is 0. The van der Waals surface area contributed by atoms with Crippen LogP contribution in [-0.4, -0.2) is 16.7 Å². The molecule has 0 bridgehead atoms. The van der Waals surface area contributed by atoms with E-state index in [0.717, 1.165) is 29.9 Å². The number of methoxy groups -OCH3 is 1. The van der Waals surface area contributed by atoms with E-state index in [2.05, 4.69) is 36.7 Å². The van der Waals surface area contributed by atoms with Gasteiger partial charge in [-0.15, -0.1) is 0 Å². The summed E-state index contributed by atoms with van der Waals surface area (Å²) in [5.74, 6) is 0.856. The molecule has 0 saturated heterocycles. The highest BCUT2D eigenvalue weighted by Crippen LogP contribution is 2.34. The molecule has 0 unspecified atom stereocenters. The minimum Gasteiger partial charge on any atom is -0.497 e. The van der Waals surface area contributed by atoms with E-state index in [4.69, 9.17) is 9.72 Å². The fourth-order valence-corrected chi connectivity index (χ4v) is 2.61. The third kappa shape index (κ3) is 1.86. The third-order valence-electron chi connectivity index (χ3n) is 3.64. The van der Waals surface area contributed by atoms with E-state index in [-0.39, 0.29) is 0 Å². The Hall–Kier alpha value is -2.03. The predicted molar refractivity (Wildman–Crippen MR) is 77.9 cm³/mol. The van der Waals surface area contributed by atoms with Crippen molar-refractivity contribution in [1.82, 2.24) is 9.55 Å². The van der Waals surface area contributed by atoms with Gasteiger partial charge in [-0.05, 0) is 31.5 Å². The number of aromatic nitrogens is 2. The Morgan fingerprint density at radius 1 is 1.26 bits per heavy atom. The minimum atomic E-state index is 0.856. The van der Waals surface area contributed by atoms with Gasteiger partial charge in [-0.2, -0.15) is 0 Å². The second-order valence-corrected chi connectivity index (χ2v) is 4.85. The van der Waals surface area contributed by atoms with Crippen molar-refractivity contribution in [3.8, 4) is 17.0 Å². The Morgan fingerprint density at radius 2 is 2.11 bits per heavy atom. The number of pyridine rings is 1. The Balaban J connectivity index is 2.26. The Kier molecular flexibility index (Phi) is 2.90. The van der Waals surface area contributed by atoms with Crippen molar-refractivity contribution in [3.63, 3.8) is 0 Å². The zero-order valence-corrected chi connectivity index (χ0v) is 11.6. The van der Waals surface area contributed by atoms with Gasteiger partial charge < -0.3 is 9.30 Å². The topological polar surface area (TPSA) is 27.1 Å². The summed E-state index contributed by atoms with van der Waals surface area (Å²) in [5.41, 5.74) is 4.56. The summed E-state index contributed by atoms with van der Waals surface area (Å²) in [5, 5.41) is 1.20. The van der Waals surface area contributed by atoms with Crippen LogP contribution in [0.1, 0.15) is 19.0 Å². The molecule has 0 fully saturated rings. The van der Waals surface area contributed by atoms with Gasteiger partial charge in [0, 0.05) is 35.5 Å². The molecular weight excluding hydrogens is 236 g/mol. The molecule has 0 saturated carbocycles. The molecule has 3 rings (SSSR count). The first-order valence-corrected chi connectivity index (χ1v) is 6.67. The average Bonchev–Trinajstić information content (AvgIpc) is 2.80. The van der Waals surface area contributed by atoms with Crippen LogP contribution in [0.5, 0.6) is 5.75 Å². The highest BCUT2D eigenvalue weighted by molar-refractivity contribution is 5.98. The van der Waals surface area contributed by atoms with E-state index < -0.39 is 0 Å². The standard InChI is InChI=1S/C16H18N2O/c1-4-8-18-9-7-14-13-6-5-12(19-3)10-15(13)17-16(14)11(18)2/h5-7,9-10H,4,8H2,1-3H3. The summed E-state index contributed by atoms with van der Waals surface area (Å²) in [6.45, 7) is 5.37. The summed E-state index contributed by atoms with van der Waals surface area (Å²) in [6, 6.07) is 8.25. The first kappa shape index (κ1) is 12.0. The lowest BCUT2D eigenvalue weighted by Crippen LogP contribution is -2.04. The Labute approximate surface area is 113 Å². The maximum atomic E-state index is 5.27. The number of aryl methyl sites for hydroxylation is 1. The predicted octanol–water partition coefficient (Wildman–Crippen LogP) is 3.87. The monoisotopic (exact) mass is 254 g/mol. The van der Waals surface area contributed by atoms with Crippen molar-refractivity contribution in [2.24, 2.45) is 0 Å². The maximum Gasteiger partial charge on any atom is 0.121 e. The molecule has 0 aromatic heterocycles. The van der Waals surface area contributed by atoms with E-state index in [1.54, 1.807) is 7.11 Å². The Bertz CT molecular complexity index is 700. The second-order valence-electron chi connectivity index (χ2n) is 4.85. The molecule has 19 heavy (non-hydrogen) atoms. The molecule has 0 amide bonds. The number of ether oxygens (including phenoxy) is 1. The zero-order chi connectivity index (χ0) is 13.4. The number of rotatable bonds is 3. The molecule has 98 valence electrons. The zero-order valence-electron chi connectivity index (χ0n) is 11.6. The number of fused-ring (bicyclic) bond motifs is 3. The molecular formula is C16H18N2O. The summed E-state index contributed by atoms with van der Waals surface area (Å²) in [6.07, 6.45) is 3.29. The van der Waals surface area contributed by atoms with Gasteiger partial charge in [0.1, 0.15) is 5.75 Å². The lowest BCUT2D eigenvalue weighted by atomic mass is 10.1. The van der Waals surface area contributed by atoms with Crippen LogP contribution in [0.3, 0.4) is 0 Å². The molecule has 3 heteroatoms. The smallest absolute Gasteiger partial charge is 0.121 e. The normalized spacial score (nSPS) is 11.3. The molecule has 0 atom stereocenters. The second kappa shape index (κ2) is 4.57. The van der Waals surface area contributed by atoms with Gasteiger partial charge in [0.15, 0.2) is 0 Å². The van der Waals surface area contributed by atoms with Gasteiger partial charge >= 0.3 is 0 Å². The van der Waals surface area contributed by atoms with Gasteiger partial charge in [-0.25, -0.2) is 4.98 Å². The number of benzene rings is 1. The summed E-state index contributed by atoms with van der Waals surface area (Å²) < 4.78 is 7.53. The van der Waals surface area contributed by atoms with Crippen LogP contribution < -0.4 is 4.74 Å². The average molecular weight is 254 g/mol. The van der Waals surface area contributed by atoms with Crippen molar-refractivity contribution in [3.05, 3.63) is 36.2 Å². The Morgan fingerprint density at radius 3 is 2.84 bits per heavy atom. The van der Waals surface area contributed by atoms with Crippen LogP contribution in [0, 0.1) is 6.92 Å². The van der Waals surface area contributed by atoms with Gasteiger partial charge in [0.25, 0.3) is 0 Å². The highest BCUT2D eigenvalue weighted by atomic mass is 16.5. The van der Waals surface area contributed by atoms with Gasteiger partial charge in [-0.1, -0.05) is 6.92 Å². The highest BCUT2D eigenvalue weighted by Gasteiger charge is 2.15. The summed E-state index contributed by atoms with van der Waals surface area (Å²) in [4.78, 5) is 4.77. The fraction of sp³-hybridized carbons (Fsp3) is 0.312. The van der Waals surface area contributed by atoms with Gasteiger partial charge in [0.05, 0.1) is 18.3 Å². The van der Waals surface area contributed by atoms with Crippen LogP contribution in [0.2, 0.25) is 0 Å². The fourth-order valence-electron chi connectivity index (χ4n) is 2.61. The molecule has 0 spiro atoms. The quantitative estimate of drug-likeness (QED) is 0.709. The van der Waals surface area contributed by atoms with Crippen molar-refractivity contribution in [1.29, 1.82) is 0 Å². The van der Waals surface area contributed by atoms with E-state index in [0.29, 0.717) is 0 Å². The SMILES string of the molecule is CCCn1ccc2c3ccc(OC)cc3nc-2c1C. The largest absolute Gasteiger partial charge is 0.497 e. The first-order chi connectivity index (χ1) is 9.24. The molecule has 0 aliphatic carbocycles. The molecule has 1 aromatic carbocycles. The molecule has 2 aliphatic heterocycles. The first-order valence-electron chi connectivity index (χ1n) is 6.67. The van der Waals surface area contributed by atoms with Crippen molar-refractivity contribution >= 4 is 10.9 Å². The van der Waals surface area contributed by atoms with Crippen LogP contribution in [0.15, 0.2) is 30.5 Å². The molecule has 1 aromatic rings. The third-order valence-corrected chi connectivity index (χ3v) is 3.64. The number of hydrogen-bond acceptors (Lipinski definition) is 2. The van der Waals surface area contributed by atoms with E-state index in [1.807, 2.05) is 12.1 Å². The van der Waals surface area contributed by atoms with E-state index in [9.17, 15) is 0 Å². The van der Waals surface area contributed by atoms with Crippen LogP contribution in [0.25, 0.3) is 22.2 Å². The maximum absolute atomic E-state index is 5.27. The lowest BCUT2D eigenvalue weighted by molar-refractivity contribution is 0.415. The minimum absolute atomic E-state index is 0.856. The lowest BCUT2D eigenvalue weighted by Gasteiger charge is -2.12. The van der Waals surface area contributed by atoms with Crippen LogP contribution in [0.4, 0.5) is 0 Å². The number of hydrogen-bond donors (Lipinski definition) is 0. The molecule has 2 heterocycles. The summed E-state index contributed by atoms with van der Waals surface area (Å²) in [7, 11) is 1.68. The van der Waals surface area contributed by atoms with Crippen LogP contribution in [-0.2, 0) is 6.54 Å².